The quantitative estimate of drug-likeness (QED) is 0.636. The molecule has 3 rings (SSSR count). The fraction of sp³-hybridized carbons (Fsp3) is 0.417. The van der Waals surface area contributed by atoms with Crippen molar-refractivity contribution in [3.8, 4) is 0 Å². The molecule has 0 N–H and O–H groups in total. The van der Waals surface area contributed by atoms with Gasteiger partial charge in [-0.25, -0.2) is 0 Å². The van der Waals surface area contributed by atoms with Crippen LogP contribution in [0.2, 0.25) is 0 Å². The number of aryl methyl sites for hydroxylation is 1. The van der Waals surface area contributed by atoms with Crippen LogP contribution in [-0.2, 0) is 5.66 Å². The normalized spacial score (nSPS) is 19.9. The van der Waals surface area contributed by atoms with Gasteiger partial charge in [-0.3, -0.25) is 0 Å². The zero-order valence-electron chi connectivity index (χ0n) is 17.2. The Hall–Kier alpha value is -2.22. The molecule has 0 saturated carbocycles. The molecule has 26 heavy (non-hydrogen) atoms. The van der Waals surface area contributed by atoms with Crippen LogP contribution in [0.4, 0.5) is 5.69 Å². The zero-order chi connectivity index (χ0) is 19.1. The Balaban J connectivity index is 2.26. The van der Waals surface area contributed by atoms with Crippen molar-refractivity contribution in [2.24, 2.45) is 0 Å². The van der Waals surface area contributed by atoms with E-state index in [-0.39, 0.29) is 5.66 Å². The van der Waals surface area contributed by atoms with Gasteiger partial charge in [0, 0.05) is 25.0 Å². The van der Waals surface area contributed by atoms with Crippen LogP contribution in [0.25, 0.3) is 0 Å². The van der Waals surface area contributed by atoms with Crippen LogP contribution in [0, 0.1) is 6.92 Å². The monoisotopic (exact) mass is 348 g/mol. The summed E-state index contributed by atoms with van der Waals surface area (Å²) in [7, 11) is 2.18. The predicted octanol–water partition coefficient (Wildman–Crippen LogP) is 6.34. The highest BCUT2D eigenvalue weighted by Gasteiger charge is 2.42. The summed E-state index contributed by atoms with van der Waals surface area (Å²) in [5.41, 5.74) is 6.63. The number of hydrogen-bond acceptors (Lipinski definition) is 2. The number of anilines is 1. The minimum Gasteiger partial charge on any atom is -0.353 e. The lowest BCUT2D eigenvalue weighted by molar-refractivity contribution is 0.229. The number of nitrogens with zero attached hydrogens (tertiary/aromatic N) is 2. The summed E-state index contributed by atoms with van der Waals surface area (Å²) in [6, 6.07) is 15.5. The largest absolute Gasteiger partial charge is 0.353 e. The first-order valence-corrected chi connectivity index (χ1v) is 9.68. The molecule has 1 atom stereocenters. The third kappa shape index (κ3) is 2.82. The third-order valence-electron chi connectivity index (χ3n) is 5.83. The summed E-state index contributed by atoms with van der Waals surface area (Å²) >= 11 is 0. The molecule has 0 spiro atoms. The molecular formula is C24H32N2. The third-order valence-corrected chi connectivity index (χ3v) is 5.83. The minimum atomic E-state index is -0.236. The Morgan fingerprint density at radius 3 is 1.92 bits per heavy atom. The standard InChI is InChI=1S/C24H32N2/c1-17(2)20-12-10-13-21(18(3)4)23(20)26-16-15-25(7)24(26,6)22-14-9-8-11-19(22)5/h8-18H,1-7H3. The van der Waals surface area contributed by atoms with Crippen molar-refractivity contribution >= 4 is 5.69 Å². The number of para-hydroxylation sites is 1. The Morgan fingerprint density at radius 2 is 1.38 bits per heavy atom. The highest BCUT2D eigenvalue weighted by atomic mass is 15.4. The fourth-order valence-corrected chi connectivity index (χ4v) is 4.13. The molecule has 1 aliphatic heterocycles. The van der Waals surface area contributed by atoms with E-state index >= 15 is 0 Å². The van der Waals surface area contributed by atoms with E-state index in [2.05, 4.69) is 113 Å². The van der Waals surface area contributed by atoms with Gasteiger partial charge in [-0.2, -0.15) is 0 Å². The zero-order valence-corrected chi connectivity index (χ0v) is 17.2. The molecule has 2 nitrogen and oxygen atoms in total. The molecule has 138 valence electrons. The Bertz CT molecular complexity index is 792. The van der Waals surface area contributed by atoms with Gasteiger partial charge in [0.2, 0.25) is 0 Å². The van der Waals surface area contributed by atoms with Gasteiger partial charge in [0.05, 0.1) is 5.69 Å². The Labute approximate surface area is 159 Å². The highest BCUT2D eigenvalue weighted by molar-refractivity contribution is 5.67. The number of hydrogen-bond donors (Lipinski definition) is 0. The van der Waals surface area contributed by atoms with Gasteiger partial charge >= 0.3 is 0 Å². The second-order valence-corrected chi connectivity index (χ2v) is 8.21. The van der Waals surface area contributed by atoms with E-state index < -0.39 is 0 Å². The van der Waals surface area contributed by atoms with Crippen LogP contribution in [0.15, 0.2) is 54.9 Å². The van der Waals surface area contributed by atoms with Gasteiger partial charge in [-0.1, -0.05) is 70.2 Å². The topological polar surface area (TPSA) is 6.48 Å². The molecule has 2 heteroatoms. The maximum atomic E-state index is 2.49. The van der Waals surface area contributed by atoms with Crippen LogP contribution in [0.5, 0.6) is 0 Å². The molecule has 0 saturated heterocycles. The van der Waals surface area contributed by atoms with E-state index in [0.717, 1.165) is 0 Å². The van der Waals surface area contributed by atoms with Crippen molar-refractivity contribution in [1.82, 2.24) is 4.90 Å². The summed E-state index contributed by atoms with van der Waals surface area (Å²) in [6.45, 7) is 13.7. The van der Waals surface area contributed by atoms with Crippen molar-refractivity contribution in [1.29, 1.82) is 0 Å². The van der Waals surface area contributed by atoms with Crippen molar-refractivity contribution in [2.75, 3.05) is 11.9 Å². The van der Waals surface area contributed by atoms with Crippen LogP contribution < -0.4 is 4.90 Å². The molecule has 0 aromatic heterocycles. The molecule has 1 aliphatic rings. The van der Waals surface area contributed by atoms with E-state index in [4.69, 9.17) is 0 Å². The van der Waals surface area contributed by atoms with Gasteiger partial charge in [0.1, 0.15) is 5.66 Å². The Morgan fingerprint density at radius 1 is 0.808 bits per heavy atom. The summed E-state index contributed by atoms with van der Waals surface area (Å²) in [6.07, 6.45) is 4.45. The van der Waals surface area contributed by atoms with Crippen LogP contribution in [0.1, 0.15) is 68.7 Å². The van der Waals surface area contributed by atoms with E-state index in [1.54, 1.807) is 0 Å². The molecule has 0 fully saturated rings. The molecule has 0 bridgehead atoms. The molecular weight excluding hydrogens is 316 g/mol. The Kier molecular flexibility index (Phi) is 4.88. The SMILES string of the molecule is Cc1ccccc1C1(C)N(C)C=CN1c1c(C(C)C)cccc1C(C)C. The predicted molar refractivity (Wildman–Crippen MR) is 113 cm³/mol. The maximum Gasteiger partial charge on any atom is 0.140 e. The summed E-state index contributed by atoms with van der Waals surface area (Å²) in [5, 5.41) is 0. The molecule has 2 aromatic carbocycles. The molecule has 2 aromatic rings. The van der Waals surface area contributed by atoms with Crippen molar-refractivity contribution in [2.45, 2.75) is 59.0 Å². The minimum absolute atomic E-state index is 0.236. The first kappa shape index (κ1) is 18.6. The van der Waals surface area contributed by atoms with E-state index in [9.17, 15) is 0 Å². The smallest absolute Gasteiger partial charge is 0.140 e. The lowest BCUT2D eigenvalue weighted by Gasteiger charge is -2.44. The second-order valence-electron chi connectivity index (χ2n) is 8.21. The van der Waals surface area contributed by atoms with Gasteiger partial charge in [-0.15, -0.1) is 0 Å². The first-order valence-electron chi connectivity index (χ1n) is 9.68. The maximum absolute atomic E-state index is 2.49. The van der Waals surface area contributed by atoms with Crippen LogP contribution in [-0.4, -0.2) is 11.9 Å². The lowest BCUT2D eigenvalue weighted by Crippen LogP contribution is -2.48. The van der Waals surface area contributed by atoms with Crippen molar-refractivity contribution in [3.63, 3.8) is 0 Å². The fourth-order valence-electron chi connectivity index (χ4n) is 4.13. The summed E-state index contributed by atoms with van der Waals surface area (Å²) in [4.78, 5) is 4.82. The first-order chi connectivity index (χ1) is 12.3. The van der Waals surface area contributed by atoms with Crippen molar-refractivity contribution in [3.05, 3.63) is 77.1 Å². The molecule has 1 heterocycles. The molecule has 1 unspecified atom stereocenters. The van der Waals surface area contributed by atoms with Gasteiger partial charge in [0.25, 0.3) is 0 Å². The molecule has 0 amide bonds. The van der Waals surface area contributed by atoms with E-state index in [1.807, 2.05) is 0 Å². The summed E-state index contributed by atoms with van der Waals surface area (Å²) < 4.78 is 0. The van der Waals surface area contributed by atoms with Crippen LogP contribution in [0.3, 0.4) is 0 Å². The second kappa shape index (κ2) is 6.83. The number of rotatable bonds is 4. The van der Waals surface area contributed by atoms with Crippen LogP contribution >= 0.6 is 0 Å². The summed E-state index contributed by atoms with van der Waals surface area (Å²) in [5.74, 6) is 0.952. The average Bonchev–Trinajstić information content (AvgIpc) is 2.90. The van der Waals surface area contributed by atoms with Crippen molar-refractivity contribution < 1.29 is 0 Å². The van der Waals surface area contributed by atoms with E-state index in [1.165, 1.54) is 27.9 Å². The van der Waals surface area contributed by atoms with E-state index in [0.29, 0.717) is 11.8 Å². The number of benzene rings is 2. The lowest BCUT2D eigenvalue weighted by atomic mass is 9.88. The molecule has 0 radical (unpaired) electrons. The molecule has 0 aliphatic carbocycles. The highest BCUT2D eigenvalue weighted by Crippen LogP contribution is 2.46. The van der Waals surface area contributed by atoms with Gasteiger partial charge in [0.15, 0.2) is 0 Å². The average molecular weight is 349 g/mol. The van der Waals surface area contributed by atoms with Gasteiger partial charge < -0.3 is 9.80 Å². The van der Waals surface area contributed by atoms with Gasteiger partial charge in [-0.05, 0) is 42.4 Å².